The number of nitrogens with one attached hydrogen (secondary N) is 2. The van der Waals surface area contributed by atoms with Crippen LogP contribution in [0.2, 0.25) is 0 Å². The topological polar surface area (TPSA) is 85.1 Å². The molecule has 1 aromatic heterocycles. The number of anilines is 2. The van der Waals surface area contributed by atoms with Gasteiger partial charge in [0.1, 0.15) is 5.82 Å². The quantitative estimate of drug-likeness (QED) is 0.492. The smallest absolute Gasteiger partial charge is 0.160 e. The maximum Gasteiger partial charge on any atom is 0.160 e. The molecule has 0 radical (unpaired) electrons. The largest absolute Gasteiger partial charge is 0.379 e. The molecule has 0 spiro atoms. The van der Waals surface area contributed by atoms with E-state index < -0.39 is 0 Å². The second-order valence-electron chi connectivity index (χ2n) is 3.49. The Morgan fingerprint density at radius 2 is 2.27 bits per heavy atom. The van der Waals surface area contributed by atoms with E-state index in [0.29, 0.717) is 11.9 Å². The van der Waals surface area contributed by atoms with Gasteiger partial charge in [0, 0.05) is 6.61 Å². The van der Waals surface area contributed by atoms with E-state index >= 15 is 0 Å². The molecule has 1 aliphatic rings. The second-order valence-corrected chi connectivity index (χ2v) is 3.49. The van der Waals surface area contributed by atoms with Gasteiger partial charge in [-0.2, -0.15) is 0 Å². The lowest BCUT2D eigenvalue weighted by Gasteiger charge is -2.23. The molecule has 1 saturated heterocycles. The Kier molecular flexibility index (Phi) is 3.31. The van der Waals surface area contributed by atoms with Gasteiger partial charge in [-0.15, -0.1) is 0 Å². The predicted octanol–water partition coefficient (Wildman–Crippen LogP) is 0.353. The van der Waals surface area contributed by atoms with Crippen molar-refractivity contribution in [2.45, 2.75) is 18.9 Å². The van der Waals surface area contributed by atoms with E-state index in [1.165, 1.54) is 0 Å². The number of hydrogen-bond acceptors (Lipinski definition) is 6. The first kappa shape index (κ1) is 10.1. The highest BCUT2D eigenvalue weighted by atomic mass is 16.5. The highest BCUT2D eigenvalue weighted by Gasteiger charge is 2.13. The zero-order chi connectivity index (χ0) is 10.5. The van der Waals surface area contributed by atoms with Gasteiger partial charge in [0.15, 0.2) is 5.82 Å². The molecule has 1 aromatic rings. The lowest BCUT2D eigenvalue weighted by atomic mass is 10.1. The van der Waals surface area contributed by atoms with Crippen LogP contribution >= 0.6 is 0 Å². The van der Waals surface area contributed by atoms with Gasteiger partial charge in [0.05, 0.1) is 25.0 Å². The first-order chi connectivity index (χ1) is 7.38. The SMILES string of the molecule is NNc1cncc(NC2CCCOC2)n1. The maximum absolute atomic E-state index is 5.36. The van der Waals surface area contributed by atoms with Crippen LogP contribution < -0.4 is 16.6 Å². The Labute approximate surface area is 88.2 Å². The van der Waals surface area contributed by atoms with Crippen LogP contribution in [0.25, 0.3) is 0 Å². The molecule has 0 aromatic carbocycles. The summed E-state index contributed by atoms with van der Waals surface area (Å²) in [7, 11) is 0. The molecule has 6 heteroatoms. The summed E-state index contributed by atoms with van der Waals surface area (Å²) >= 11 is 0. The van der Waals surface area contributed by atoms with Crippen LogP contribution in [0.1, 0.15) is 12.8 Å². The number of rotatable bonds is 3. The van der Waals surface area contributed by atoms with E-state index in [1.54, 1.807) is 12.4 Å². The van der Waals surface area contributed by atoms with Crippen molar-refractivity contribution in [2.75, 3.05) is 24.0 Å². The van der Waals surface area contributed by atoms with Gasteiger partial charge in [-0.25, -0.2) is 10.8 Å². The molecule has 2 heterocycles. The van der Waals surface area contributed by atoms with Crippen molar-refractivity contribution in [1.82, 2.24) is 9.97 Å². The molecule has 1 unspecified atom stereocenters. The van der Waals surface area contributed by atoms with Gasteiger partial charge in [-0.1, -0.05) is 0 Å². The van der Waals surface area contributed by atoms with Gasteiger partial charge in [-0.05, 0) is 12.8 Å². The lowest BCUT2D eigenvalue weighted by molar-refractivity contribution is 0.0875. The van der Waals surface area contributed by atoms with Crippen LogP contribution in [0, 0.1) is 0 Å². The summed E-state index contributed by atoms with van der Waals surface area (Å²) in [5.74, 6) is 6.52. The number of aromatic nitrogens is 2. The highest BCUT2D eigenvalue weighted by molar-refractivity contribution is 5.41. The third-order valence-electron chi connectivity index (χ3n) is 2.29. The van der Waals surface area contributed by atoms with Crippen molar-refractivity contribution < 1.29 is 4.74 Å². The van der Waals surface area contributed by atoms with Crippen molar-refractivity contribution in [3.63, 3.8) is 0 Å². The van der Waals surface area contributed by atoms with Crippen LogP contribution in [0.4, 0.5) is 11.6 Å². The zero-order valence-electron chi connectivity index (χ0n) is 8.44. The van der Waals surface area contributed by atoms with Crippen molar-refractivity contribution >= 4 is 11.6 Å². The third kappa shape index (κ3) is 2.77. The normalized spacial score (nSPS) is 21.0. The first-order valence-corrected chi connectivity index (χ1v) is 5.01. The molecule has 2 rings (SSSR count). The summed E-state index contributed by atoms with van der Waals surface area (Å²) in [6.45, 7) is 1.58. The van der Waals surface area contributed by atoms with E-state index in [4.69, 9.17) is 10.6 Å². The standard InChI is InChI=1S/C9H15N5O/c10-14-9-5-11-4-8(13-9)12-7-2-1-3-15-6-7/h4-5,7H,1-3,6,10H2,(H2,12,13,14). The van der Waals surface area contributed by atoms with Crippen molar-refractivity contribution in [1.29, 1.82) is 0 Å². The van der Waals surface area contributed by atoms with E-state index in [1.807, 2.05) is 0 Å². The summed E-state index contributed by atoms with van der Waals surface area (Å²) in [5, 5.41) is 3.26. The second kappa shape index (κ2) is 4.90. The molecule has 1 atom stereocenters. The Bertz CT molecular complexity index is 313. The van der Waals surface area contributed by atoms with Crippen LogP contribution in [0.5, 0.6) is 0 Å². The van der Waals surface area contributed by atoms with Crippen LogP contribution in [0.3, 0.4) is 0 Å². The highest BCUT2D eigenvalue weighted by Crippen LogP contribution is 2.12. The van der Waals surface area contributed by atoms with Gasteiger partial charge >= 0.3 is 0 Å². The Morgan fingerprint density at radius 3 is 3.00 bits per heavy atom. The van der Waals surface area contributed by atoms with Crippen molar-refractivity contribution in [3.05, 3.63) is 12.4 Å². The molecule has 82 valence electrons. The summed E-state index contributed by atoms with van der Waals surface area (Å²) in [6.07, 6.45) is 5.43. The molecule has 1 aliphatic heterocycles. The third-order valence-corrected chi connectivity index (χ3v) is 2.29. The van der Waals surface area contributed by atoms with Gasteiger partial charge in [-0.3, -0.25) is 4.98 Å². The van der Waals surface area contributed by atoms with E-state index in [9.17, 15) is 0 Å². The number of nitrogens with two attached hydrogens (primary N) is 1. The minimum Gasteiger partial charge on any atom is -0.379 e. The first-order valence-electron chi connectivity index (χ1n) is 5.01. The molecular weight excluding hydrogens is 194 g/mol. The number of hydrogen-bond donors (Lipinski definition) is 3. The number of nitrogens with zero attached hydrogens (tertiary/aromatic N) is 2. The summed E-state index contributed by atoms with van der Waals surface area (Å²) in [6, 6.07) is 0.320. The molecule has 4 N–H and O–H groups in total. The molecule has 1 fully saturated rings. The van der Waals surface area contributed by atoms with Gasteiger partial charge in [0.2, 0.25) is 0 Å². The van der Waals surface area contributed by atoms with Crippen LogP contribution in [0.15, 0.2) is 12.4 Å². The number of ether oxygens (including phenoxy) is 1. The number of hydrazine groups is 1. The zero-order valence-corrected chi connectivity index (χ0v) is 8.44. The summed E-state index contributed by atoms with van der Waals surface area (Å²) in [4.78, 5) is 8.23. The summed E-state index contributed by atoms with van der Waals surface area (Å²) in [5.41, 5.74) is 2.46. The fourth-order valence-corrected chi connectivity index (χ4v) is 1.57. The van der Waals surface area contributed by atoms with Crippen LogP contribution in [-0.4, -0.2) is 29.2 Å². The van der Waals surface area contributed by atoms with Crippen molar-refractivity contribution in [2.24, 2.45) is 5.84 Å². The van der Waals surface area contributed by atoms with E-state index in [0.717, 1.165) is 31.9 Å². The van der Waals surface area contributed by atoms with Gasteiger partial charge < -0.3 is 15.5 Å². The van der Waals surface area contributed by atoms with E-state index in [-0.39, 0.29) is 0 Å². The molecule has 15 heavy (non-hydrogen) atoms. The minimum atomic E-state index is 0.320. The predicted molar refractivity (Wildman–Crippen MR) is 57.3 cm³/mol. The monoisotopic (exact) mass is 209 g/mol. The summed E-state index contributed by atoms with van der Waals surface area (Å²) < 4.78 is 5.36. The average Bonchev–Trinajstić information content (AvgIpc) is 2.31. The lowest BCUT2D eigenvalue weighted by Crippen LogP contribution is -2.30. The van der Waals surface area contributed by atoms with Crippen molar-refractivity contribution in [3.8, 4) is 0 Å². The maximum atomic E-state index is 5.36. The molecule has 0 amide bonds. The number of nitrogen functional groups attached to an aromatic ring is 1. The molecule has 0 bridgehead atoms. The molecule has 6 nitrogen and oxygen atoms in total. The average molecular weight is 209 g/mol. The Balaban J connectivity index is 1.96. The van der Waals surface area contributed by atoms with Crippen LogP contribution in [-0.2, 0) is 4.74 Å². The van der Waals surface area contributed by atoms with E-state index in [2.05, 4.69) is 20.7 Å². The fourth-order valence-electron chi connectivity index (χ4n) is 1.57. The Hall–Kier alpha value is -1.40. The molecular formula is C9H15N5O. The minimum absolute atomic E-state index is 0.320. The van der Waals surface area contributed by atoms with Gasteiger partial charge in [0.25, 0.3) is 0 Å². The molecule has 0 saturated carbocycles. The molecule has 0 aliphatic carbocycles. The fraction of sp³-hybridized carbons (Fsp3) is 0.556. The Morgan fingerprint density at radius 1 is 1.40 bits per heavy atom.